The molecular weight excluding hydrogens is 344 g/mol. The van der Waals surface area contributed by atoms with Gasteiger partial charge in [0.2, 0.25) is 0 Å². The van der Waals surface area contributed by atoms with E-state index in [1.807, 2.05) is 0 Å². The first kappa shape index (κ1) is 18.9. The van der Waals surface area contributed by atoms with Crippen LogP contribution in [0.3, 0.4) is 0 Å². The van der Waals surface area contributed by atoms with Crippen molar-refractivity contribution in [1.82, 2.24) is 9.55 Å². The topological polar surface area (TPSA) is 24.3 Å². The third-order valence-corrected chi connectivity index (χ3v) is 5.84. The molecule has 2 aromatic heterocycles. The van der Waals surface area contributed by atoms with Crippen LogP contribution in [0.25, 0.3) is 11.0 Å². The highest BCUT2D eigenvalue weighted by molar-refractivity contribution is 5.78. The lowest BCUT2D eigenvalue weighted by atomic mass is 10.1. The van der Waals surface area contributed by atoms with E-state index in [0.29, 0.717) is 0 Å². The zero-order valence-electron chi connectivity index (χ0n) is 17.4. The second kappa shape index (κ2) is 8.26. The number of para-hydroxylation sites is 1. The van der Waals surface area contributed by atoms with Gasteiger partial charge in [-0.3, -0.25) is 0 Å². The minimum Gasteiger partial charge on any atom is -0.368 e. The number of hydrogen-bond acceptors (Lipinski definition) is 3. The molecule has 1 saturated heterocycles. The van der Waals surface area contributed by atoms with Crippen molar-refractivity contribution >= 4 is 22.5 Å². The van der Waals surface area contributed by atoms with Crippen LogP contribution in [-0.4, -0.2) is 35.7 Å². The lowest BCUT2D eigenvalue weighted by Crippen LogP contribution is -2.47. The lowest BCUT2D eigenvalue weighted by molar-refractivity contribution is 0.516. The number of rotatable bonds is 6. The summed E-state index contributed by atoms with van der Waals surface area (Å²) in [6, 6.07) is 15.3. The fourth-order valence-corrected chi connectivity index (χ4v) is 4.17. The molecule has 0 N–H and O–H groups in total. The number of fused-ring (bicyclic) bond motifs is 1. The highest BCUT2D eigenvalue weighted by Gasteiger charge is 2.19. The summed E-state index contributed by atoms with van der Waals surface area (Å²) in [5.41, 5.74) is 3.85. The van der Waals surface area contributed by atoms with Crippen LogP contribution in [0.1, 0.15) is 32.3 Å². The minimum absolute atomic E-state index is 0.759. The molecule has 3 heterocycles. The van der Waals surface area contributed by atoms with Gasteiger partial charge in [0.15, 0.2) is 0 Å². The molecular formula is C24H32N4. The van der Waals surface area contributed by atoms with E-state index in [9.17, 15) is 0 Å². The van der Waals surface area contributed by atoms with Gasteiger partial charge in [-0.2, -0.15) is 0 Å². The van der Waals surface area contributed by atoms with E-state index >= 15 is 0 Å². The number of pyridine rings is 1. The Balaban J connectivity index is 1.45. The molecule has 0 saturated carbocycles. The third-order valence-electron chi connectivity index (χ3n) is 5.84. The summed E-state index contributed by atoms with van der Waals surface area (Å²) in [7, 11) is 0. The van der Waals surface area contributed by atoms with Crippen LogP contribution >= 0.6 is 0 Å². The molecule has 0 bridgehead atoms. The second-order valence-corrected chi connectivity index (χ2v) is 8.39. The van der Waals surface area contributed by atoms with Gasteiger partial charge in [-0.25, -0.2) is 4.98 Å². The SMILES string of the molecule is Cc1ccccc1N1CCN(c2ccc3ccn(CCCC(C)C)c3n2)CC1. The summed E-state index contributed by atoms with van der Waals surface area (Å²) >= 11 is 0. The van der Waals surface area contributed by atoms with Gasteiger partial charge in [-0.05, 0) is 55.5 Å². The highest BCUT2D eigenvalue weighted by Crippen LogP contribution is 2.24. The van der Waals surface area contributed by atoms with Crippen LogP contribution < -0.4 is 9.80 Å². The molecule has 0 radical (unpaired) electrons. The van der Waals surface area contributed by atoms with Crippen LogP contribution in [0.4, 0.5) is 11.5 Å². The largest absolute Gasteiger partial charge is 0.368 e. The first-order chi connectivity index (χ1) is 13.6. The van der Waals surface area contributed by atoms with Crippen molar-refractivity contribution in [3.8, 4) is 0 Å². The number of nitrogens with zero attached hydrogens (tertiary/aromatic N) is 4. The van der Waals surface area contributed by atoms with E-state index in [0.717, 1.165) is 50.1 Å². The van der Waals surface area contributed by atoms with Gasteiger partial charge in [-0.15, -0.1) is 0 Å². The van der Waals surface area contributed by atoms with Crippen LogP contribution in [-0.2, 0) is 6.54 Å². The summed E-state index contributed by atoms with van der Waals surface area (Å²) < 4.78 is 2.32. The number of benzene rings is 1. The number of hydrogen-bond donors (Lipinski definition) is 0. The Morgan fingerprint density at radius 2 is 1.68 bits per heavy atom. The molecule has 0 aliphatic carbocycles. The molecule has 28 heavy (non-hydrogen) atoms. The van der Waals surface area contributed by atoms with E-state index in [4.69, 9.17) is 4.98 Å². The summed E-state index contributed by atoms with van der Waals surface area (Å²) in [6.45, 7) is 12.0. The second-order valence-electron chi connectivity index (χ2n) is 8.39. The quantitative estimate of drug-likeness (QED) is 0.598. The Morgan fingerprint density at radius 1 is 0.929 bits per heavy atom. The Kier molecular flexibility index (Phi) is 5.56. The molecule has 4 heteroatoms. The molecule has 4 rings (SSSR count). The summed E-state index contributed by atoms with van der Waals surface area (Å²) in [5, 5.41) is 1.24. The van der Waals surface area contributed by atoms with Crippen LogP contribution in [0.15, 0.2) is 48.7 Å². The lowest BCUT2D eigenvalue weighted by Gasteiger charge is -2.37. The Hall–Kier alpha value is -2.49. The monoisotopic (exact) mass is 376 g/mol. The Labute approximate surface area is 168 Å². The van der Waals surface area contributed by atoms with Gasteiger partial charge in [0.1, 0.15) is 11.5 Å². The maximum atomic E-state index is 5.04. The van der Waals surface area contributed by atoms with Gasteiger partial charge in [0, 0.05) is 50.0 Å². The summed E-state index contributed by atoms with van der Waals surface area (Å²) in [5.74, 6) is 1.87. The molecule has 1 aliphatic heterocycles. The van der Waals surface area contributed by atoms with Gasteiger partial charge in [0.25, 0.3) is 0 Å². The molecule has 0 unspecified atom stereocenters. The van der Waals surface area contributed by atoms with Crippen molar-refractivity contribution in [2.24, 2.45) is 5.92 Å². The predicted molar refractivity (Wildman–Crippen MR) is 119 cm³/mol. The zero-order valence-corrected chi connectivity index (χ0v) is 17.4. The maximum Gasteiger partial charge on any atom is 0.142 e. The van der Waals surface area contributed by atoms with Crippen molar-refractivity contribution in [1.29, 1.82) is 0 Å². The van der Waals surface area contributed by atoms with Crippen molar-refractivity contribution in [3.05, 3.63) is 54.2 Å². The van der Waals surface area contributed by atoms with Crippen molar-refractivity contribution < 1.29 is 0 Å². The average Bonchev–Trinajstić information content (AvgIpc) is 3.11. The van der Waals surface area contributed by atoms with Gasteiger partial charge >= 0.3 is 0 Å². The van der Waals surface area contributed by atoms with E-state index in [2.05, 4.69) is 83.8 Å². The number of piperazine rings is 1. The molecule has 1 aromatic carbocycles. The smallest absolute Gasteiger partial charge is 0.142 e. The fourth-order valence-electron chi connectivity index (χ4n) is 4.17. The van der Waals surface area contributed by atoms with Gasteiger partial charge < -0.3 is 14.4 Å². The molecule has 0 amide bonds. The van der Waals surface area contributed by atoms with Crippen molar-refractivity contribution in [2.45, 2.75) is 40.2 Å². The molecule has 0 spiro atoms. The first-order valence-corrected chi connectivity index (χ1v) is 10.6. The highest BCUT2D eigenvalue weighted by atomic mass is 15.3. The standard InChI is InChI=1S/C24H32N4/c1-19(2)7-6-13-28-14-12-21-10-11-23(25-24(21)28)27-17-15-26(16-18-27)22-9-5-4-8-20(22)3/h4-5,8-12,14,19H,6-7,13,15-18H2,1-3H3. The van der Waals surface area contributed by atoms with E-state index in [1.54, 1.807) is 0 Å². The van der Waals surface area contributed by atoms with Crippen LogP contribution in [0, 0.1) is 12.8 Å². The third kappa shape index (κ3) is 4.01. The van der Waals surface area contributed by atoms with E-state index < -0.39 is 0 Å². The molecule has 1 fully saturated rings. The Bertz CT molecular complexity index is 919. The van der Waals surface area contributed by atoms with E-state index in [1.165, 1.54) is 29.5 Å². The van der Waals surface area contributed by atoms with Crippen molar-refractivity contribution in [3.63, 3.8) is 0 Å². The zero-order chi connectivity index (χ0) is 19.5. The minimum atomic E-state index is 0.759. The summed E-state index contributed by atoms with van der Waals surface area (Å²) in [4.78, 5) is 9.97. The summed E-state index contributed by atoms with van der Waals surface area (Å²) in [6.07, 6.45) is 4.67. The fraction of sp³-hybridized carbons (Fsp3) is 0.458. The molecule has 148 valence electrons. The number of anilines is 2. The van der Waals surface area contributed by atoms with E-state index in [-0.39, 0.29) is 0 Å². The van der Waals surface area contributed by atoms with Crippen LogP contribution in [0.2, 0.25) is 0 Å². The molecule has 4 nitrogen and oxygen atoms in total. The molecule has 1 aliphatic rings. The molecule has 3 aromatic rings. The Morgan fingerprint density at radius 3 is 2.43 bits per heavy atom. The molecule has 0 atom stereocenters. The van der Waals surface area contributed by atoms with Gasteiger partial charge in [-0.1, -0.05) is 32.0 Å². The average molecular weight is 377 g/mol. The van der Waals surface area contributed by atoms with Crippen LogP contribution in [0.5, 0.6) is 0 Å². The maximum absolute atomic E-state index is 5.04. The predicted octanol–water partition coefficient (Wildman–Crippen LogP) is 5.11. The normalized spacial score (nSPS) is 15.0. The van der Waals surface area contributed by atoms with Crippen molar-refractivity contribution in [2.75, 3.05) is 36.0 Å². The first-order valence-electron chi connectivity index (χ1n) is 10.6. The number of aryl methyl sites for hydroxylation is 2. The van der Waals surface area contributed by atoms with Gasteiger partial charge in [0.05, 0.1) is 0 Å². The number of aromatic nitrogens is 2.